The Kier molecular flexibility index (Phi) is 7.54. The van der Waals surface area contributed by atoms with Crippen LogP contribution in [0.2, 0.25) is 0 Å². The SMILES string of the molecule is c1ccc(-c2nc(-c3ccccc3)nc(-c3ccc(-n4c5ccccc5c5cc6c7c8ccccc8ccc7n(-c7ccc8ccccc8c7)c6cc54)c4ccccc34)n2)cc1. The zero-order chi connectivity index (χ0) is 40.7. The maximum atomic E-state index is 5.14. The van der Waals surface area contributed by atoms with E-state index in [-0.39, 0.29) is 0 Å². The van der Waals surface area contributed by atoms with Crippen LogP contribution < -0.4 is 0 Å². The molecule has 0 unspecified atom stereocenters. The van der Waals surface area contributed by atoms with Gasteiger partial charge < -0.3 is 9.13 Å². The third-order valence-electron chi connectivity index (χ3n) is 12.5. The van der Waals surface area contributed by atoms with E-state index in [4.69, 9.17) is 15.0 Å². The minimum Gasteiger partial charge on any atom is -0.309 e. The third kappa shape index (κ3) is 5.25. The molecule has 0 fully saturated rings. The van der Waals surface area contributed by atoms with Gasteiger partial charge in [0.25, 0.3) is 0 Å². The van der Waals surface area contributed by atoms with Gasteiger partial charge in [-0.15, -0.1) is 0 Å². The van der Waals surface area contributed by atoms with Gasteiger partial charge in [0.1, 0.15) is 0 Å². The molecule has 0 aliphatic rings. The van der Waals surface area contributed by atoms with Gasteiger partial charge in [-0.25, -0.2) is 15.0 Å². The molecule has 0 atom stereocenters. The molecule has 10 aromatic carbocycles. The van der Waals surface area contributed by atoms with Crippen molar-refractivity contribution >= 4 is 75.9 Å². The summed E-state index contributed by atoms with van der Waals surface area (Å²) >= 11 is 0. The molecule has 0 radical (unpaired) electrons. The molecule has 5 nitrogen and oxygen atoms in total. The average molecular weight is 790 g/mol. The molecule has 0 bridgehead atoms. The first kappa shape index (κ1) is 34.5. The van der Waals surface area contributed by atoms with E-state index >= 15 is 0 Å². The Morgan fingerprint density at radius 1 is 0.290 bits per heavy atom. The van der Waals surface area contributed by atoms with E-state index in [0.29, 0.717) is 17.5 Å². The summed E-state index contributed by atoms with van der Waals surface area (Å²) in [5.41, 5.74) is 9.71. The summed E-state index contributed by atoms with van der Waals surface area (Å²) in [6.45, 7) is 0. The van der Waals surface area contributed by atoms with E-state index in [1.807, 2.05) is 36.4 Å². The Hall–Kier alpha value is -8.41. The van der Waals surface area contributed by atoms with Gasteiger partial charge >= 0.3 is 0 Å². The van der Waals surface area contributed by atoms with Gasteiger partial charge in [-0.2, -0.15) is 0 Å². The lowest BCUT2D eigenvalue weighted by Crippen LogP contribution is -2.01. The largest absolute Gasteiger partial charge is 0.309 e. The Bertz CT molecular complexity index is 3860. The molecule has 0 N–H and O–H groups in total. The first-order chi connectivity index (χ1) is 30.7. The lowest BCUT2D eigenvalue weighted by molar-refractivity contribution is 1.08. The number of benzene rings is 10. The highest BCUT2D eigenvalue weighted by atomic mass is 15.0. The van der Waals surface area contributed by atoms with Crippen molar-refractivity contribution < 1.29 is 0 Å². The third-order valence-corrected chi connectivity index (χ3v) is 12.5. The summed E-state index contributed by atoms with van der Waals surface area (Å²) in [7, 11) is 0. The van der Waals surface area contributed by atoms with E-state index in [9.17, 15) is 0 Å². The van der Waals surface area contributed by atoms with Crippen LogP contribution in [0.5, 0.6) is 0 Å². The second-order valence-corrected chi connectivity index (χ2v) is 16.0. The molecule has 288 valence electrons. The number of hydrogen-bond acceptors (Lipinski definition) is 3. The zero-order valence-corrected chi connectivity index (χ0v) is 33.4. The molecule has 62 heavy (non-hydrogen) atoms. The summed E-state index contributed by atoms with van der Waals surface area (Å²) in [5, 5.41) is 12.0. The number of rotatable bonds is 5. The summed E-state index contributed by atoms with van der Waals surface area (Å²) in [6, 6.07) is 75.8. The van der Waals surface area contributed by atoms with Gasteiger partial charge in [0.05, 0.1) is 27.8 Å². The molecule has 13 aromatic rings. The summed E-state index contributed by atoms with van der Waals surface area (Å²) < 4.78 is 4.91. The van der Waals surface area contributed by atoms with Gasteiger partial charge in [-0.05, 0) is 75.5 Å². The van der Waals surface area contributed by atoms with Crippen molar-refractivity contribution in [2.24, 2.45) is 0 Å². The van der Waals surface area contributed by atoms with Gasteiger partial charge in [-0.1, -0.05) is 164 Å². The summed E-state index contributed by atoms with van der Waals surface area (Å²) in [5.74, 6) is 1.92. The fourth-order valence-electron chi connectivity index (χ4n) is 9.70. The average Bonchev–Trinajstić information content (AvgIpc) is 3.85. The van der Waals surface area contributed by atoms with Crippen LogP contribution in [0.1, 0.15) is 0 Å². The number of fused-ring (bicyclic) bond motifs is 10. The summed E-state index contributed by atoms with van der Waals surface area (Å²) in [6.07, 6.45) is 0. The molecule has 0 amide bonds. The molecule has 0 saturated carbocycles. The lowest BCUT2D eigenvalue weighted by Gasteiger charge is -2.15. The van der Waals surface area contributed by atoms with Crippen molar-refractivity contribution in [1.29, 1.82) is 0 Å². The number of aromatic nitrogens is 5. The Balaban J connectivity index is 1.09. The molecule has 0 aliphatic carbocycles. The van der Waals surface area contributed by atoms with Crippen molar-refractivity contribution in [1.82, 2.24) is 24.1 Å². The predicted octanol–water partition coefficient (Wildman–Crippen LogP) is 14.5. The maximum absolute atomic E-state index is 5.14. The van der Waals surface area contributed by atoms with Crippen LogP contribution in [0.3, 0.4) is 0 Å². The molecule has 3 heterocycles. The topological polar surface area (TPSA) is 48.5 Å². The molecule has 0 aliphatic heterocycles. The van der Waals surface area contributed by atoms with Gasteiger partial charge in [0.2, 0.25) is 0 Å². The first-order valence-corrected chi connectivity index (χ1v) is 21.0. The summed E-state index contributed by atoms with van der Waals surface area (Å²) in [4.78, 5) is 15.3. The van der Waals surface area contributed by atoms with Crippen molar-refractivity contribution in [2.75, 3.05) is 0 Å². The molecule has 3 aromatic heterocycles. The lowest BCUT2D eigenvalue weighted by atomic mass is 10.0. The number of hydrogen-bond donors (Lipinski definition) is 0. The minimum atomic E-state index is 0.636. The first-order valence-electron chi connectivity index (χ1n) is 21.0. The highest BCUT2D eigenvalue weighted by Crippen LogP contribution is 2.43. The van der Waals surface area contributed by atoms with Crippen LogP contribution in [0.25, 0.3) is 121 Å². The van der Waals surface area contributed by atoms with Crippen LogP contribution in [-0.4, -0.2) is 24.1 Å². The second kappa shape index (κ2) is 13.6. The fourth-order valence-corrected chi connectivity index (χ4v) is 9.70. The Morgan fingerprint density at radius 2 is 0.871 bits per heavy atom. The van der Waals surface area contributed by atoms with Crippen LogP contribution in [0.4, 0.5) is 0 Å². The van der Waals surface area contributed by atoms with E-state index in [2.05, 4.69) is 185 Å². The highest BCUT2D eigenvalue weighted by Gasteiger charge is 2.22. The van der Waals surface area contributed by atoms with Crippen LogP contribution in [0.15, 0.2) is 212 Å². The van der Waals surface area contributed by atoms with Crippen LogP contribution in [0, 0.1) is 0 Å². The van der Waals surface area contributed by atoms with Crippen LogP contribution >= 0.6 is 0 Å². The molecule has 0 saturated heterocycles. The van der Waals surface area contributed by atoms with Gasteiger partial charge in [0.15, 0.2) is 17.5 Å². The Labute approximate surface area is 356 Å². The normalized spacial score (nSPS) is 11.9. The van der Waals surface area contributed by atoms with Gasteiger partial charge in [0, 0.05) is 49.3 Å². The predicted molar refractivity (Wildman–Crippen MR) is 257 cm³/mol. The number of para-hydroxylation sites is 1. The molecular weight excluding hydrogens is 755 g/mol. The van der Waals surface area contributed by atoms with Crippen molar-refractivity contribution in [2.45, 2.75) is 0 Å². The van der Waals surface area contributed by atoms with Crippen molar-refractivity contribution in [3.63, 3.8) is 0 Å². The van der Waals surface area contributed by atoms with E-state index in [1.165, 1.54) is 48.6 Å². The van der Waals surface area contributed by atoms with Crippen LogP contribution in [-0.2, 0) is 0 Å². The molecule has 0 spiro atoms. The zero-order valence-electron chi connectivity index (χ0n) is 33.4. The number of nitrogens with zero attached hydrogens (tertiary/aromatic N) is 5. The fraction of sp³-hybridized carbons (Fsp3) is 0. The highest BCUT2D eigenvalue weighted by molar-refractivity contribution is 6.25. The van der Waals surface area contributed by atoms with E-state index < -0.39 is 0 Å². The minimum absolute atomic E-state index is 0.636. The molecule has 13 rings (SSSR count). The smallest absolute Gasteiger partial charge is 0.164 e. The molecular formula is C57H35N5. The van der Waals surface area contributed by atoms with E-state index in [0.717, 1.165) is 55.4 Å². The second-order valence-electron chi connectivity index (χ2n) is 16.0. The van der Waals surface area contributed by atoms with E-state index in [1.54, 1.807) is 0 Å². The quantitative estimate of drug-likeness (QED) is 0.174. The monoisotopic (exact) mass is 789 g/mol. The van der Waals surface area contributed by atoms with Crippen molar-refractivity contribution in [3.8, 4) is 45.5 Å². The van der Waals surface area contributed by atoms with Crippen molar-refractivity contribution in [3.05, 3.63) is 212 Å². The maximum Gasteiger partial charge on any atom is 0.164 e. The molecule has 5 heteroatoms. The Morgan fingerprint density at radius 3 is 1.63 bits per heavy atom. The van der Waals surface area contributed by atoms with Gasteiger partial charge in [-0.3, -0.25) is 0 Å². The standard InChI is InChI=1S/C57H35N5/c1-3-17-38(18-4-1)55-58-56(39-19-5-2-6-20-39)60-57(59-55)46-30-32-50(44-24-12-11-23-43(44)46)62-49-26-14-13-25-45(49)47-34-48-53(35-52(47)62)61(41-29-27-36-15-7-8-21-40(36)33-41)51-31-28-37-16-9-10-22-42(37)54(48)51/h1-35H.